The number of esters is 1. The highest BCUT2D eigenvalue weighted by Crippen LogP contribution is 2.30. The second-order valence-corrected chi connectivity index (χ2v) is 6.77. The van der Waals surface area contributed by atoms with E-state index in [2.05, 4.69) is 16.0 Å². The van der Waals surface area contributed by atoms with Crippen molar-refractivity contribution in [3.63, 3.8) is 0 Å². The summed E-state index contributed by atoms with van der Waals surface area (Å²) in [7, 11) is 0. The Bertz CT molecular complexity index is 1020. The molecule has 1 fully saturated rings. The first-order valence-corrected chi connectivity index (χ1v) is 9.38. The predicted octanol–water partition coefficient (Wildman–Crippen LogP) is 3.58. The molecule has 1 aliphatic rings. The molecule has 3 aromatic rings. The fourth-order valence-electron chi connectivity index (χ4n) is 3.40. The van der Waals surface area contributed by atoms with Crippen molar-refractivity contribution in [3.8, 4) is 6.07 Å². The number of carbonyl (C=O) groups excluding carboxylic acids is 1. The van der Waals surface area contributed by atoms with Crippen molar-refractivity contribution in [1.29, 1.82) is 5.26 Å². The van der Waals surface area contributed by atoms with Gasteiger partial charge in [0.15, 0.2) is 11.7 Å². The molecular weight excluding hydrogens is 352 g/mol. The Morgan fingerprint density at radius 1 is 1.04 bits per heavy atom. The first kappa shape index (κ1) is 17.9. The normalized spacial score (nSPS) is 14.6. The van der Waals surface area contributed by atoms with Gasteiger partial charge in [0.05, 0.1) is 17.1 Å². The minimum atomic E-state index is -1.11. The zero-order valence-corrected chi connectivity index (χ0v) is 15.4. The first-order valence-electron chi connectivity index (χ1n) is 9.38. The zero-order valence-electron chi connectivity index (χ0n) is 15.4. The molecule has 0 spiro atoms. The molecule has 140 valence electrons. The lowest BCUT2D eigenvalue weighted by Gasteiger charge is -2.21. The van der Waals surface area contributed by atoms with Crippen LogP contribution >= 0.6 is 0 Å². The summed E-state index contributed by atoms with van der Waals surface area (Å²) in [6, 6.07) is 19.0. The van der Waals surface area contributed by atoms with Crippen LogP contribution in [0.5, 0.6) is 0 Å². The average molecular weight is 372 g/mol. The summed E-state index contributed by atoms with van der Waals surface area (Å²) in [6.07, 6.45) is 2.12. The Balaban J connectivity index is 1.67. The van der Waals surface area contributed by atoms with Crippen LogP contribution in [-0.2, 0) is 16.1 Å². The van der Waals surface area contributed by atoms with Crippen LogP contribution in [0.1, 0.15) is 30.0 Å². The summed E-state index contributed by atoms with van der Waals surface area (Å²) in [5.74, 6) is -1.10. The number of rotatable bonds is 5. The van der Waals surface area contributed by atoms with Gasteiger partial charge in [0, 0.05) is 13.1 Å². The molecule has 0 N–H and O–H groups in total. The lowest BCUT2D eigenvalue weighted by Crippen LogP contribution is -2.25. The topological polar surface area (TPSA) is 79.1 Å². The highest BCUT2D eigenvalue weighted by atomic mass is 16.5. The van der Waals surface area contributed by atoms with E-state index in [1.807, 2.05) is 54.6 Å². The number of fused-ring (bicyclic) bond motifs is 1. The molecule has 0 unspecified atom stereocenters. The molecule has 0 bridgehead atoms. The lowest BCUT2D eigenvalue weighted by atomic mass is 10.1. The summed E-state index contributed by atoms with van der Waals surface area (Å²) >= 11 is 0. The molecule has 2 heterocycles. The van der Waals surface area contributed by atoms with Gasteiger partial charge in [-0.1, -0.05) is 42.5 Å². The van der Waals surface area contributed by atoms with E-state index in [0.717, 1.165) is 37.0 Å². The summed E-state index contributed by atoms with van der Waals surface area (Å²) in [6.45, 7) is 1.81. The molecule has 1 aromatic heterocycles. The van der Waals surface area contributed by atoms with E-state index in [4.69, 9.17) is 9.72 Å². The number of anilines is 1. The SMILES string of the molecule is N#C[C@H](C(=O)OCc1ccccc1)c1nc2ccccc2nc1N1CCCC1. The minimum absolute atomic E-state index is 0.123. The van der Waals surface area contributed by atoms with Crippen molar-refractivity contribution in [3.05, 3.63) is 65.9 Å². The van der Waals surface area contributed by atoms with Gasteiger partial charge in [0.2, 0.25) is 0 Å². The zero-order chi connectivity index (χ0) is 19.3. The maximum atomic E-state index is 12.7. The molecular formula is C22H20N4O2. The van der Waals surface area contributed by atoms with Gasteiger partial charge in [-0.2, -0.15) is 5.26 Å². The number of hydrogen-bond donors (Lipinski definition) is 0. The fourth-order valence-corrected chi connectivity index (χ4v) is 3.40. The van der Waals surface area contributed by atoms with Crippen LogP contribution in [0.25, 0.3) is 11.0 Å². The first-order chi connectivity index (χ1) is 13.8. The molecule has 2 aromatic carbocycles. The van der Waals surface area contributed by atoms with E-state index < -0.39 is 11.9 Å². The Morgan fingerprint density at radius 3 is 2.36 bits per heavy atom. The van der Waals surface area contributed by atoms with E-state index in [1.165, 1.54) is 0 Å². The van der Waals surface area contributed by atoms with Crippen LogP contribution in [0, 0.1) is 11.3 Å². The minimum Gasteiger partial charge on any atom is -0.460 e. The monoisotopic (exact) mass is 372 g/mol. The number of benzene rings is 2. The number of nitriles is 1. The Kier molecular flexibility index (Phi) is 5.16. The molecule has 4 rings (SSSR count). The van der Waals surface area contributed by atoms with Gasteiger partial charge >= 0.3 is 5.97 Å². The average Bonchev–Trinajstić information content (AvgIpc) is 3.28. The molecule has 0 aliphatic carbocycles. The van der Waals surface area contributed by atoms with Crippen molar-refractivity contribution in [2.75, 3.05) is 18.0 Å². The van der Waals surface area contributed by atoms with Gasteiger partial charge in [-0.15, -0.1) is 0 Å². The second kappa shape index (κ2) is 8.05. The van der Waals surface area contributed by atoms with Gasteiger partial charge in [-0.25, -0.2) is 9.97 Å². The van der Waals surface area contributed by atoms with Crippen LogP contribution < -0.4 is 4.90 Å². The molecule has 0 amide bonds. The molecule has 0 saturated carbocycles. The molecule has 1 saturated heterocycles. The summed E-state index contributed by atoms with van der Waals surface area (Å²) in [4.78, 5) is 24.2. The third-order valence-corrected chi connectivity index (χ3v) is 4.85. The third kappa shape index (κ3) is 3.65. The number of para-hydroxylation sites is 2. The second-order valence-electron chi connectivity index (χ2n) is 6.77. The number of carbonyl (C=O) groups is 1. The highest BCUT2D eigenvalue weighted by Gasteiger charge is 2.30. The van der Waals surface area contributed by atoms with Crippen molar-refractivity contribution < 1.29 is 9.53 Å². The van der Waals surface area contributed by atoms with Crippen molar-refractivity contribution in [1.82, 2.24) is 9.97 Å². The molecule has 28 heavy (non-hydrogen) atoms. The van der Waals surface area contributed by atoms with Crippen molar-refractivity contribution in [2.45, 2.75) is 25.4 Å². The van der Waals surface area contributed by atoms with Gasteiger partial charge in [0.25, 0.3) is 0 Å². The van der Waals surface area contributed by atoms with E-state index in [0.29, 0.717) is 17.0 Å². The quantitative estimate of drug-likeness (QED) is 0.637. The van der Waals surface area contributed by atoms with Crippen LogP contribution in [0.2, 0.25) is 0 Å². The molecule has 6 heteroatoms. The smallest absolute Gasteiger partial charge is 0.330 e. The molecule has 1 atom stereocenters. The van der Waals surface area contributed by atoms with E-state index in [9.17, 15) is 10.1 Å². The number of hydrogen-bond acceptors (Lipinski definition) is 6. The lowest BCUT2D eigenvalue weighted by molar-refractivity contribution is -0.145. The predicted molar refractivity (Wildman–Crippen MR) is 106 cm³/mol. The van der Waals surface area contributed by atoms with Crippen molar-refractivity contribution in [2.24, 2.45) is 0 Å². The van der Waals surface area contributed by atoms with Crippen molar-refractivity contribution >= 4 is 22.8 Å². The van der Waals surface area contributed by atoms with E-state index >= 15 is 0 Å². The van der Waals surface area contributed by atoms with Crippen LogP contribution in [-0.4, -0.2) is 29.0 Å². The summed E-state index contributed by atoms with van der Waals surface area (Å²) < 4.78 is 5.42. The molecule has 6 nitrogen and oxygen atoms in total. The Labute approximate surface area is 163 Å². The Morgan fingerprint density at radius 2 is 1.68 bits per heavy atom. The van der Waals surface area contributed by atoms with E-state index in [-0.39, 0.29) is 6.61 Å². The summed E-state index contributed by atoms with van der Waals surface area (Å²) in [5, 5.41) is 9.75. The largest absolute Gasteiger partial charge is 0.460 e. The number of aromatic nitrogens is 2. The number of ether oxygens (including phenoxy) is 1. The maximum absolute atomic E-state index is 12.7. The van der Waals surface area contributed by atoms with Gasteiger partial charge < -0.3 is 9.64 Å². The van der Waals surface area contributed by atoms with E-state index in [1.54, 1.807) is 0 Å². The third-order valence-electron chi connectivity index (χ3n) is 4.85. The molecule has 1 aliphatic heterocycles. The van der Waals surface area contributed by atoms with Crippen LogP contribution in [0.4, 0.5) is 5.82 Å². The van der Waals surface area contributed by atoms with Gasteiger partial charge in [-0.05, 0) is 30.5 Å². The van der Waals surface area contributed by atoms with Gasteiger partial charge in [-0.3, -0.25) is 4.79 Å². The maximum Gasteiger partial charge on any atom is 0.330 e. The van der Waals surface area contributed by atoms with Gasteiger partial charge in [0.1, 0.15) is 12.3 Å². The number of nitrogens with zero attached hydrogens (tertiary/aromatic N) is 4. The van der Waals surface area contributed by atoms with Crippen LogP contribution in [0.3, 0.4) is 0 Å². The standard InChI is InChI=1S/C22H20N4O2/c23-14-17(22(27)28-15-16-8-2-1-3-9-16)20-21(26-12-6-7-13-26)25-19-11-5-4-10-18(19)24-20/h1-5,8-11,17H,6-7,12-13,15H2/t17-/m0/s1. The highest BCUT2D eigenvalue weighted by molar-refractivity contribution is 5.85. The fraction of sp³-hybridized carbons (Fsp3) is 0.273. The Hall–Kier alpha value is -3.46. The molecule has 0 radical (unpaired) electrons. The van der Waals surface area contributed by atoms with Crippen LogP contribution in [0.15, 0.2) is 54.6 Å². The summed E-state index contributed by atoms with van der Waals surface area (Å²) in [5.41, 5.74) is 2.66.